The van der Waals surface area contributed by atoms with E-state index in [0.717, 1.165) is 34.3 Å². The van der Waals surface area contributed by atoms with Crippen LogP contribution in [0.15, 0.2) is 103 Å². The fourth-order valence-corrected chi connectivity index (χ4v) is 6.42. The second-order valence-corrected chi connectivity index (χ2v) is 10.9. The van der Waals surface area contributed by atoms with E-state index in [0.29, 0.717) is 18.2 Å². The van der Waals surface area contributed by atoms with E-state index in [9.17, 15) is 4.79 Å². The molecule has 0 saturated carbocycles. The molecule has 1 aliphatic heterocycles. The van der Waals surface area contributed by atoms with Gasteiger partial charge in [-0.15, -0.1) is 11.6 Å². The molecule has 1 atom stereocenters. The molecule has 5 aromatic rings. The SMILES string of the molecule is O=C(Nc1ccc2c3c(cc(OCc4ccccc4)c2c1)NCC3CCl)OCC1c2ccccc2-c2ccccc21. The molecule has 41 heavy (non-hydrogen) atoms. The van der Waals surface area contributed by atoms with Gasteiger partial charge in [0.15, 0.2) is 0 Å². The van der Waals surface area contributed by atoms with Gasteiger partial charge >= 0.3 is 6.09 Å². The van der Waals surface area contributed by atoms with Gasteiger partial charge in [-0.1, -0.05) is 84.9 Å². The second-order valence-electron chi connectivity index (χ2n) is 10.6. The summed E-state index contributed by atoms with van der Waals surface area (Å²) in [4.78, 5) is 13.0. The van der Waals surface area contributed by atoms with Gasteiger partial charge in [0.25, 0.3) is 0 Å². The molecule has 2 aliphatic rings. The number of amides is 1. The summed E-state index contributed by atoms with van der Waals surface area (Å²) in [7, 11) is 0. The number of anilines is 2. The first kappa shape index (κ1) is 25.5. The highest BCUT2D eigenvalue weighted by atomic mass is 35.5. The molecule has 7 rings (SSSR count). The number of carbonyl (C=O) groups is 1. The van der Waals surface area contributed by atoms with Crippen molar-refractivity contribution in [2.24, 2.45) is 0 Å². The van der Waals surface area contributed by atoms with E-state index < -0.39 is 6.09 Å². The molecule has 5 nitrogen and oxygen atoms in total. The van der Waals surface area contributed by atoms with Gasteiger partial charge in [-0.25, -0.2) is 4.79 Å². The van der Waals surface area contributed by atoms with Crippen LogP contribution in [0, 0.1) is 0 Å². The van der Waals surface area contributed by atoms with Crippen LogP contribution < -0.4 is 15.4 Å². The van der Waals surface area contributed by atoms with Gasteiger partial charge in [0.1, 0.15) is 19.0 Å². The highest BCUT2D eigenvalue weighted by molar-refractivity contribution is 6.18. The number of hydrogen-bond donors (Lipinski definition) is 2. The summed E-state index contributed by atoms with van der Waals surface area (Å²) >= 11 is 6.32. The lowest BCUT2D eigenvalue weighted by Gasteiger charge is -2.17. The summed E-state index contributed by atoms with van der Waals surface area (Å²) in [5, 5.41) is 8.42. The number of alkyl halides is 1. The largest absolute Gasteiger partial charge is 0.488 e. The quantitative estimate of drug-likeness (QED) is 0.196. The maximum Gasteiger partial charge on any atom is 0.411 e. The van der Waals surface area contributed by atoms with Crippen LogP contribution in [0.5, 0.6) is 5.75 Å². The standard InChI is InChI=1S/C35H29ClN2O3/c36-18-23-19-37-32-17-33(40-20-22-8-2-1-3-9-22)30-16-24(14-15-29(30)34(23)32)38-35(39)41-21-31-27-12-6-4-10-25(27)26-11-5-7-13-28(26)31/h1-17,23,31,37H,18-21H2,(H,38,39). The first-order valence-corrected chi connectivity index (χ1v) is 14.4. The highest BCUT2D eigenvalue weighted by Gasteiger charge is 2.29. The summed E-state index contributed by atoms with van der Waals surface area (Å²) in [6.07, 6.45) is -0.487. The molecule has 1 heterocycles. The Labute approximate surface area is 244 Å². The Bertz CT molecular complexity index is 1710. The average molecular weight is 561 g/mol. The molecule has 0 aromatic heterocycles. The fourth-order valence-electron chi connectivity index (χ4n) is 6.15. The van der Waals surface area contributed by atoms with E-state index in [2.05, 4.69) is 34.9 Å². The third kappa shape index (κ3) is 4.76. The van der Waals surface area contributed by atoms with E-state index in [4.69, 9.17) is 21.1 Å². The fraction of sp³-hybridized carbons (Fsp3) is 0.171. The topological polar surface area (TPSA) is 59.6 Å². The third-order valence-electron chi connectivity index (χ3n) is 8.10. The molecule has 6 heteroatoms. The maximum absolute atomic E-state index is 13.0. The lowest BCUT2D eigenvalue weighted by atomic mass is 9.95. The van der Waals surface area contributed by atoms with Crippen LogP contribution in [-0.4, -0.2) is 25.1 Å². The van der Waals surface area contributed by atoms with Crippen molar-refractivity contribution < 1.29 is 14.3 Å². The molecule has 1 amide bonds. The molecular formula is C35H29ClN2O3. The third-order valence-corrected chi connectivity index (χ3v) is 8.47. The smallest absolute Gasteiger partial charge is 0.411 e. The zero-order valence-corrected chi connectivity index (χ0v) is 23.2. The number of fused-ring (bicyclic) bond motifs is 6. The summed E-state index contributed by atoms with van der Waals surface area (Å²) in [5.41, 5.74) is 8.73. The number of halogens is 1. The van der Waals surface area contributed by atoms with Crippen LogP contribution in [0.1, 0.15) is 34.1 Å². The van der Waals surface area contributed by atoms with E-state index in [1.807, 2.05) is 78.9 Å². The van der Waals surface area contributed by atoms with Gasteiger partial charge in [-0.05, 0) is 50.9 Å². The van der Waals surface area contributed by atoms with Crippen molar-refractivity contribution in [3.63, 3.8) is 0 Å². The van der Waals surface area contributed by atoms with E-state index >= 15 is 0 Å². The predicted molar refractivity (Wildman–Crippen MR) is 165 cm³/mol. The minimum Gasteiger partial charge on any atom is -0.488 e. The monoisotopic (exact) mass is 560 g/mol. The van der Waals surface area contributed by atoms with E-state index in [-0.39, 0.29) is 18.4 Å². The van der Waals surface area contributed by atoms with Gasteiger partial charge in [0.05, 0.1) is 0 Å². The Hall–Kier alpha value is -4.48. The van der Waals surface area contributed by atoms with Gasteiger partial charge < -0.3 is 14.8 Å². The molecule has 0 saturated heterocycles. The lowest BCUT2D eigenvalue weighted by molar-refractivity contribution is 0.158. The second kappa shape index (κ2) is 10.8. The van der Waals surface area contributed by atoms with E-state index in [1.54, 1.807) is 0 Å². The maximum atomic E-state index is 13.0. The highest BCUT2D eigenvalue weighted by Crippen LogP contribution is 2.45. The average Bonchev–Trinajstić information content (AvgIpc) is 3.58. The summed E-state index contributed by atoms with van der Waals surface area (Å²) < 4.78 is 12.1. The molecule has 5 aromatic carbocycles. The molecule has 0 fully saturated rings. The summed E-state index contributed by atoms with van der Waals surface area (Å²) in [6, 6.07) is 34.7. The Morgan fingerprint density at radius 1 is 0.854 bits per heavy atom. The minimum atomic E-state index is -0.487. The van der Waals surface area contributed by atoms with Crippen molar-refractivity contribution in [3.05, 3.63) is 125 Å². The Morgan fingerprint density at radius 2 is 1.56 bits per heavy atom. The molecule has 2 N–H and O–H groups in total. The molecule has 0 bridgehead atoms. The van der Waals surface area contributed by atoms with Crippen molar-refractivity contribution in [3.8, 4) is 16.9 Å². The van der Waals surface area contributed by atoms with Crippen LogP contribution in [0.2, 0.25) is 0 Å². The van der Waals surface area contributed by atoms with Crippen LogP contribution in [0.4, 0.5) is 16.2 Å². The lowest BCUT2D eigenvalue weighted by Crippen LogP contribution is -2.17. The van der Waals surface area contributed by atoms with Crippen molar-refractivity contribution >= 4 is 39.8 Å². The zero-order valence-electron chi connectivity index (χ0n) is 22.4. The molecule has 0 radical (unpaired) electrons. The predicted octanol–water partition coefficient (Wildman–Crippen LogP) is 8.53. The normalized spacial score (nSPS) is 15.1. The zero-order chi connectivity index (χ0) is 27.8. The van der Waals surface area contributed by atoms with E-state index in [1.165, 1.54) is 27.8 Å². The van der Waals surface area contributed by atoms with Gasteiger partial charge in [0, 0.05) is 47.1 Å². The number of nitrogens with one attached hydrogen (secondary N) is 2. The molecule has 0 spiro atoms. The van der Waals surface area contributed by atoms with Crippen LogP contribution in [0.25, 0.3) is 21.9 Å². The molecule has 1 unspecified atom stereocenters. The van der Waals surface area contributed by atoms with Gasteiger partial charge in [-0.2, -0.15) is 0 Å². The van der Waals surface area contributed by atoms with Crippen LogP contribution in [0.3, 0.4) is 0 Å². The number of rotatable bonds is 7. The number of carbonyl (C=O) groups excluding carboxylic acids is 1. The summed E-state index contributed by atoms with van der Waals surface area (Å²) in [5.74, 6) is 1.49. The number of ether oxygens (including phenoxy) is 2. The Balaban J connectivity index is 1.13. The first-order valence-electron chi connectivity index (χ1n) is 13.9. The Kier molecular flexibility index (Phi) is 6.73. The van der Waals surface area contributed by atoms with Crippen molar-refractivity contribution in [2.75, 3.05) is 29.7 Å². The van der Waals surface area contributed by atoms with Crippen molar-refractivity contribution in [1.82, 2.24) is 0 Å². The van der Waals surface area contributed by atoms with Gasteiger partial charge in [-0.3, -0.25) is 5.32 Å². The first-order chi connectivity index (χ1) is 20.2. The molecule has 1 aliphatic carbocycles. The van der Waals surface area contributed by atoms with Gasteiger partial charge in [0.2, 0.25) is 0 Å². The van der Waals surface area contributed by atoms with Crippen molar-refractivity contribution in [1.29, 1.82) is 0 Å². The molecular weight excluding hydrogens is 532 g/mol. The minimum absolute atomic E-state index is 0.00492. The summed E-state index contributed by atoms with van der Waals surface area (Å²) in [6.45, 7) is 1.49. The number of benzene rings is 5. The number of hydrogen-bond acceptors (Lipinski definition) is 4. The van der Waals surface area contributed by atoms with Crippen LogP contribution >= 0.6 is 11.6 Å². The van der Waals surface area contributed by atoms with Crippen LogP contribution in [-0.2, 0) is 11.3 Å². The Morgan fingerprint density at radius 3 is 2.29 bits per heavy atom. The van der Waals surface area contributed by atoms with Crippen molar-refractivity contribution in [2.45, 2.75) is 18.4 Å². The molecule has 204 valence electrons.